The quantitative estimate of drug-likeness (QED) is 0.784. The van der Waals surface area contributed by atoms with Crippen LogP contribution in [0.3, 0.4) is 0 Å². The molecule has 3 rings (SSSR count). The smallest absolute Gasteiger partial charge is 0.124 e. The van der Waals surface area contributed by atoms with E-state index in [-0.39, 0.29) is 17.6 Å². The average Bonchev–Trinajstić information content (AvgIpc) is 2.64. The van der Waals surface area contributed by atoms with Gasteiger partial charge in [0.05, 0.1) is 11.7 Å². The van der Waals surface area contributed by atoms with E-state index >= 15 is 0 Å². The van der Waals surface area contributed by atoms with Crippen LogP contribution in [0.15, 0.2) is 42.5 Å². The highest BCUT2D eigenvalue weighted by Crippen LogP contribution is 2.36. The fraction of sp³-hybridized carbons (Fsp3) is 0.429. The van der Waals surface area contributed by atoms with Crippen molar-refractivity contribution in [3.05, 3.63) is 65.0 Å². The van der Waals surface area contributed by atoms with Gasteiger partial charge in [0, 0.05) is 24.7 Å². The van der Waals surface area contributed by atoms with Crippen LogP contribution in [0, 0.1) is 12.7 Å². The van der Waals surface area contributed by atoms with Gasteiger partial charge in [0.2, 0.25) is 0 Å². The SMILES string of the molecule is Cc1cccc(C(O)[C@@H](C)N2CCC(O)(c3ccc(F)cc3)CC2)c1O. The number of piperidine rings is 1. The molecule has 0 spiro atoms. The van der Waals surface area contributed by atoms with Gasteiger partial charge >= 0.3 is 0 Å². The van der Waals surface area contributed by atoms with Crippen LogP contribution in [0.4, 0.5) is 4.39 Å². The Morgan fingerprint density at radius 1 is 1.08 bits per heavy atom. The van der Waals surface area contributed by atoms with Crippen molar-refractivity contribution in [1.29, 1.82) is 0 Å². The first-order chi connectivity index (χ1) is 12.3. The topological polar surface area (TPSA) is 63.9 Å². The van der Waals surface area contributed by atoms with Gasteiger partial charge < -0.3 is 15.3 Å². The van der Waals surface area contributed by atoms with Crippen molar-refractivity contribution < 1.29 is 19.7 Å². The summed E-state index contributed by atoms with van der Waals surface area (Å²) in [6.45, 7) is 4.95. The summed E-state index contributed by atoms with van der Waals surface area (Å²) in [5.41, 5.74) is 1.01. The Balaban J connectivity index is 1.69. The lowest BCUT2D eigenvalue weighted by atomic mass is 9.83. The predicted molar refractivity (Wildman–Crippen MR) is 98.4 cm³/mol. The average molecular weight is 359 g/mol. The van der Waals surface area contributed by atoms with E-state index in [0.717, 1.165) is 11.1 Å². The molecule has 1 aliphatic rings. The number of benzene rings is 2. The van der Waals surface area contributed by atoms with Crippen molar-refractivity contribution in [3.8, 4) is 5.75 Å². The number of para-hydroxylation sites is 1. The largest absolute Gasteiger partial charge is 0.507 e. The Bertz CT molecular complexity index is 754. The minimum absolute atomic E-state index is 0.131. The second-order valence-electron chi connectivity index (χ2n) is 7.27. The summed E-state index contributed by atoms with van der Waals surface area (Å²) in [7, 11) is 0. The molecule has 0 bridgehead atoms. The van der Waals surface area contributed by atoms with E-state index < -0.39 is 11.7 Å². The van der Waals surface area contributed by atoms with E-state index in [0.29, 0.717) is 31.5 Å². The highest BCUT2D eigenvalue weighted by molar-refractivity contribution is 5.41. The molecule has 1 unspecified atom stereocenters. The maximum absolute atomic E-state index is 13.1. The Hall–Kier alpha value is -1.95. The van der Waals surface area contributed by atoms with Crippen molar-refractivity contribution in [2.24, 2.45) is 0 Å². The number of aliphatic hydroxyl groups is 2. The van der Waals surface area contributed by atoms with Gasteiger partial charge in [0.25, 0.3) is 0 Å². The molecule has 140 valence electrons. The number of hydrogen-bond donors (Lipinski definition) is 3. The van der Waals surface area contributed by atoms with Gasteiger partial charge in [-0.25, -0.2) is 4.39 Å². The first-order valence-electron chi connectivity index (χ1n) is 9.01. The second kappa shape index (κ2) is 7.35. The summed E-state index contributed by atoms with van der Waals surface area (Å²) in [5, 5.41) is 31.9. The zero-order valence-electron chi connectivity index (χ0n) is 15.2. The van der Waals surface area contributed by atoms with E-state index in [1.54, 1.807) is 31.2 Å². The van der Waals surface area contributed by atoms with Gasteiger partial charge in [0.1, 0.15) is 11.6 Å². The van der Waals surface area contributed by atoms with Gasteiger partial charge in [0.15, 0.2) is 0 Å². The summed E-state index contributed by atoms with van der Waals surface area (Å²) >= 11 is 0. The van der Waals surface area contributed by atoms with Crippen LogP contribution < -0.4 is 0 Å². The van der Waals surface area contributed by atoms with E-state index in [2.05, 4.69) is 4.90 Å². The minimum atomic E-state index is -0.972. The van der Waals surface area contributed by atoms with Crippen molar-refractivity contribution in [2.75, 3.05) is 13.1 Å². The van der Waals surface area contributed by atoms with E-state index in [4.69, 9.17) is 0 Å². The third-order valence-electron chi connectivity index (χ3n) is 5.63. The molecule has 2 atom stereocenters. The number of phenols is 1. The number of rotatable bonds is 4. The first kappa shape index (κ1) is 18.8. The van der Waals surface area contributed by atoms with Crippen molar-refractivity contribution >= 4 is 0 Å². The molecular weight excluding hydrogens is 333 g/mol. The van der Waals surface area contributed by atoms with Crippen molar-refractivity contribution in [1.82, 2.24) is 4.90 Å². The normalized spacial score (nSPS) is 19.9. The number of hydrogen-bond acceptors (Lipinski definition) is 4. The first-order valence-corrected chi connectivity index (χ1v) is 9.01. The number of likely N-dealkylation sites (tertiary alicyclic amines) is 1. The number of aliphatic hydroxyl groups excluding tert-OH is 1. The van der Waals surface area contributed by atoms with E-state index in [1.165, 1.54) is 12.1 Å². The van der Waals surface area contributed by atoms with E-state index in [9.17, 15) is 19.7 Å². The van der Waals surface area contributed by atoms with Crippen LogP contribution >= 0.6 is 0 Å². The van der Waals surface area contributed by atoms with E-state index in [1.807, 2.05) is 13.0 Å². The van der Waals surface area contributed by atoms with Gasteiger partial charge in [-0.1, -0.05) is 30.3 Å². The van der Waals surface area contributed by atoms with Crippen molar-refractivity contribution in [3.63, 3.8) is 0 Å². The molecule has 1 heterocycles. The van der Waals surface area contributed by atoms with Gasteiger partial charge in [-0.3, -0.25) is 4.90 Å². The lowest BCUT2D eigenvalue weighted by Crippen LogP contribution is -2.47. The number of halogens is 1. The Morgan fingerprint density at radius 3 is 2.31 bits per heavy atom. The van der Waals surface area contributed by atoms with Crippen LogP contribution in [-0.4, -0.2) is 39.4 Å². The van der Waals surface area contributed by atoms with Crippen LogP contribution in [0.2, 0.25) is 0 Å². The molecule has 26 heavy (non-hydrogen) atoms. The number of phenolic OH excluding ortho intramolecular Hbond substituents is 1. The number of aryl methyl sites for hydroxylation is 1. The van der Waals surface area contributed by atoms with Crippen LogP contribution in [0.5, 0.6) is 5.75 Å². The summed E-state index contributed by atoms with van der Waals surface area (Å²) in [6.07, 6.45) is 0.206. The lowest BCUT2D eigenvalue weighted by molar-refractivity contribution is -0.0504. The Kier molecular flexibility index (Phi) is 5.32. The Morgan fingerprint density at radius 2 is 1.69 bits per heavy atom. The molecule has 0 radical (unpaired) electrons. The molecule has 3 N–H and O–H groups in total. The molecule has 1 saturated heterocycles. The molecule has 0 aliphatic carbocycles. The fourth-order valence-electron chi connectivity index (χ4n) is 3.73. The summed E-state index contributed by atoms with van der Waals surface area (Å²) in [5.74, 6) is -0.184. The summed E-state index contributed by atoms with van der Waals surface area (Å²) in [6, 6.07) is 11.2. The fourth-order valence-corrected chi connectivity index (χ4v) is 3.73. The molecular formula is C21H26FNO3. The maximum Gasteiger partial charge on any atom is 0.124 e. The Labute approximate surface area is 153 Å². The molecule has 4 nitrogen and oxygen atoms in total. The lowest BCUT2D eigenvalue weighted by Gasteiger charge is -2.42. The molecule has 5 heteroatoms. The second-order valence-corrected chi connectivity index (χ2v) is 7.27. The number of nitrogens with zero attached hydrogens (tertiary/aromatic N) is 1. The van der Waals surface area contributed by atoms with Crippen molar-refractivity contribution in [2.45, 2.75) is 44.4 Å². The molecule has 2 aromatic carbocycles. The van der Waals surface area contributed by atoms with Gasteiger partial charge in [-0.05, 0) is 49.9 Å². The molecule has 1 fully saturated rings. The maximum atomic E-state index is 13.1. The third-order valence-corrected chi connectivity index (χ3v) is 5.63. The molecule has 2 aromatic rings. The monoisotopic (exact) mass is 359 g/mol. The van der Waals surface area contributed by atoms with Crippen LogP contribution in [0.25, 0.3) is 0 Å². The summed E-state index contributed by atoms with van der Waals surface area (Å²) in [4.78, 5) is 2.12. The highest BCUT2D eigenvalue weighted by atomic mass is 19.1. The molecule has 0 saturated carbocycles. The molecule has 1 aliphatic heterocycles. The predicted octanol–water partition coefficient (Wildman–Crippen LogP) is 3.25. The van der Waals surface area contributed by atoms with Gasteiger partial charge in [-0.15, -0.1) is 0 Å². The van der Waals surface area contributed by atoms with Crippen LogP contribution in [0.1, 0.15) is 42.6 Å². The highest BCUT2D eigenvalue weighted by Gasteiger charge is 2.37. The summed E-state index contributed by atoms with van der Waals surface area (Å²) < 4.78 is 13.1. The third kappa shape index (κ3) is 3.61. The standard InChI is InChI=1S/C21H26FNO3/c1-14-4-3-5-18(19(14)24)20(25)15(2)23-12-10-21(26,11-13-23)16-6-8-17(22)9-7-16/h3-9,15,20,24-26H,10-13H2,1-2H3/t15-,20?/m1/s1. The zero-order valence-corrected chi connectivity index (χ0v) is 15.2. The minimum Gasteiger partial charge on any atom is -0.507 e. The number of aromatic hydroxyl groups is 1. The van der Waals surface area contributed by atoms with Crippen LogP contribution in [-0.2, 0) is 5.60 Å². The van der Waals surface area contributed by atoms with Gasteiger partial charge in [-0.2, -0.15) is 0 Å². The molecule has 0 amide bonds. The zero-order chi connectivity index (χ0) is 18.9. The molecule has 0 aromatic heterocycles.